The molecule has 22 heavy (non-hydrogen) atoms. The van der Waals surface area contributed by atoms with Crippen LogP contribution in [0.1, 0.15) is 20.8 Å². The summed E-state index contributed by atoms with van der Waals surface area (Å²) in [6.07, 6.45) is 0. The van der Waals surface area contributed by atoms with E-state index in [1.54, 1.807) is 30.3 Å². The van der Waals surface area contributed by atoms with Crippen molar-refractivity contribution >= 4 is 28.4 Å². The summed E-state index contributed by atoms with van der Waals surface area (Å²) in [5, 5.41) is 3.63. The number of hydrogen-bond donors (Lipinski definition) is 2. The minimum atomic E-state index is -0.595. The Morgan fingerprint density at radius 3 is 2.45 bits per heavy atom. The summed E-state index contributed by atoms with van der Waals surface area (Å²) < 4.78 is 0. The Morgan fingerprint density at radius 1 is 0.909 bits per heavy atom. The maximum atomic E-state index is 12.3. The normalized spacial score (nSPS) is 10.4. The van der Waals surface area contributed by atoms with Gasteiger partial charge >= 0.3 is 0 Å². The van der Waals surface area contributed by atoms with Gasteiger partial charge in [0.25, 0.3) is 11.8 Å². The molecule has 0 unspecified atom stereocenters. The van der Waals surface area contributed by atoms with Crippen molar-refractivity contribution in [1.82, 2.24) is 4.98 Å². The van der Waals surface area contributed by atoms with Crippen LogP contribution in [0.3, 0.4) is 0 Å². The first-order valence-corrected chi connectivity index (χ1v) is 6.71. The Bertz CT molecular complexity index is 874. The Morgan fingerprint density at radius 2 is 1.64 bits per heavy atom. The minimum absolute atomic E-state index is 0.261. The number of pyridine rings is 1. The molecule has 0 bridgehead atoms. The number of primary amides is 1. The lowest BCUT2D eigenvalue weighted by Gasteiger charge is -2.08. The monoisotopic (exact) mass is 291 g/mol. The van der Waals surface area contributed by atoms with Gasteiger partial charge in [-0.3, -0.25) is 9.59 Å². The summed E-state index contributed by atoms with van der Waals surface area (Å²) in [5.41, 5.74) is 6.94. The van der Waals surface area contributed by atoms with E-state index in [4.69, 9.17) is 5.73 Å². The standard InChI is InChI=1S/C17H13N3O2/c18-16(21)12-6-2-4-8-14(12)20-17(22)15-10-9-11-5-1-3-7-13(11)19-15/h1-10H,(H2,18,21)(H,20,22). The van der Waals surface area contributed by atoms with Crippen LogP contribution in [0.4, 0.5) is 5.69 Å². The third-order valence-corrected chi connectivity index (χ3v) is 3.27. The Labute approximate surface area is 126 Å². The first kappa shape index (κ1) is 13.8. The van der Waals surface area contributed by atoms with Gasteiger partial charge in [0.2, 0.25) is 0 Å². The highest BCUT2D eigenvalue weighted by Gasteiger charge is 2.13. The number of carbonyl (C=O) groups excluding carboxylic acids is 2. The number of nitrogens with two attached hydrogens (primary N) is 1. The predicted octanol–water partition coefficient (Wildman–Crippen LogP) is 2.59. The second-order valence-electron chi connectivity index (χ2n) is 4.75. The van der Waals surface area contributed by atoms with Crippen LogP contribution >= 0.6 is 0 Å². The number of amides is 2. The van der Waals surface area contributed by atoms with Crippen LogP contribution < -0.4 is 11.1 Å². The number of nitrogens with one attached hydrogen (secondary N) is 1. The molecule has 2 aromatic carbocycles. The zero-order chi connectivity index (χ0) is 15.5. The lowest BCUT2D eigenvalue weighted by atomic mass is 10.1. The van der Waals surface area contributed by atoms with Crippen molar-refractivity contribution in [3.8, 4) is 0 Å². The molecular weight excluding hydrogens is 278 g/mol. The molecule has 5 nitrogen and oxygen atoms in total. The van der Waals surface area contributed by atoms with E-state index in [-0.39, 0.29) is 17.2 Å². The largest absolute Gasteiger partial charge is 0.366 e. The molecule has 0 spiro atoms. The Kier molecular flexibility index (Phi) is 3.53. The van der Waals surface area contributed by atoms with Crippen molar-refractivity contribution in [2.24, 2.45) is 5.73 Å². The van der Waals surface area contributed by atoms with Gasteiger partial charge in [-0.05, 0) is 24.3 Å². The van der Waals surface area contributed by atoms with Crippen LogP contribution in [-0.4, -0.2) is 16.8 Å². The maximum Gasteiger partial charge on any atom is 0.274 e. The van der Waals surface area contributed by atoms with Crippen LogP contribution in [0.15, 0.2) is 60.7 Å². The summed E-state index contributed by atoms with van der Waals surface area (Å²) in [4.78, 5) is 28.0. The summed E-state index contributed by atoms with van der Waals surface area (Å²) in [5.74, 6) is -0.984. The topological polar surface area (TPSA) is 85.1 Å². The fraction of sp³-hybridized carbons (Fsp3) is 0. The molecule has 0 aliphatic carbocycles. The summed E-state index contributed by atoms with van der Waals surface area (Å²) in [6.45, 7) is 0. The number of benzene rings is 2. The van der Waals surface area contributed by atoms with Gasteiger partial charge in [0.1, 0.15) is 5.69 Å². The number of rotatable bonds is 3. The molecule has 108 valence electrons. The van der Waals surface area contributed by atoms with Gasteiger partial charge in [-0.15, -0.1) is 0 Å². The molecule has 0 fully saturated rings. The van der Waals surface area contributed by atoms with Crippen molar-refractivity contribution in [3.63, 3.8) is 0 Å². The second kappa shape index (κ2) is 5.65. The highest BCUT2D eigenvalue weighted by molar-refractivity contribution is 6.08. The first-order chi connectivity index (χ1) is 10.6. The van der Waals surface area contributed by atoms with Crippen LogP contribution in [0.25, 0.3) is 10.9 Å². The fourth-order valence-corrected chi connectivity index (χ4v) is 2.19. The molecule has 0 atom stereocenters. The highest BCUT2D eigenvalue weighted by atomic mass is 16.2. The van der Waals surface area contributed by atoms with E-state index in [1.165, 1.54) is 0 Å². The average molecular weight is 291 g/mol. The van der Waals surface area contributed by atoms with Crippen molar-refractivity contribution < 1.29 is 9.59 Å². The maximum absolute atomic E-state index is 12.3. The molecule has 5 heteroatoms. The van der Waals surface area contributed by atoms with E-state index in [1.807, 2.05) is 30.3 Å². The van der Waals surface area contributed by atoms with Crippen LogP contribution in [0, 0.1) is 0 Å². The Balaban J connectivity index is 1.92. The van der Waals surface area contributed by atoms with Crippen LogP contribution in [0.5, 0.6) is 0 Å². The molecule has 0 aliphatic heterocycles. The molecule has 3 aromatic rings. The predicted molar refractivity (Wildman–Crippen MR) is 84.7 cm³/mol. The van der Waals surface area contributed by atoms with Crippen molar-refractivity contribution in [3.05, 3.63) is 71.9 Å². The number of para-hydroxylation sites is 2. The second-order valence-corrected chi connectivity index (χ2v) is 4.75. The molecule has 0 radical (unpaired) electrons. The van der Waals surface area contributed by atoms with Gasteiger partial charge in [-0.2, -0.15) is 0 Å². The zero-order valence-electron chi connectivity index (χ0n) is 11.6. The van der Waals surface area contributed by atoms with E-state index < -0.39 is 5.91 Å². The van der Waals surface area contributed by atoms with Crippen molar-refractivity contribution in [2.45, 2.75) is 0 Å². The highest BCUT2D eigenvalue weighted by Crippen LogP contribution is 2.16. The number of fused-ring (bicyclic) bond motifs is 1. The lowest BCUT2D eigenvalue weighted by molar-refractivity contribution is 0.100. The molecule has 3 N–H and O–H groups in total. The SMILES string of the molecule is NC(=O)c1ccccc1NC(=O)c1ccc2ccccc2n1. The van der Waals surface area contributed by atoms with Gasteiger partial charge in [0, 0.05) is 5.39 Å². The molecule has 0 saturated heterocycles. The smallest absolute Gasteiger partial charge is 0.274 e. The van der Waals surface area contributed by atoms with E-state index in [0.29, 0.717) is 5.69 Å². The van der Waals surface area contributed by atoms with Crippen molar-refractivity contribution in [2.75, 3.05) is 5.32 Å². The van der Waals surface area contributed by atoms with Gasteiger partial charge < -0.3 is 11.1 Å². The van der Waals surface area contributed by atoms with Gasteiger partial charge in [-0.25, -0.2) is 4.98 Å². The summed E-state index contributed by atoms with van der Waals surface area (Å²) >= 11 is 0. The van der Waals surface area contributed by atoms with Gasteiger partial charge in [0.15, 0.2) is 0 Å². The minimum Gasteiger partial charge on any atom is -0.366 e. The molecule has 2 amide bonds. The first-order valence-electron chi connectivity index (χ1n) is 6.71. The third-order valence-electron chi connectivity index (χ3n) is 3.27. The lowest BCUT2D eigenvalue weighted by Crippen LogP contribution is -2.18. The number of carbonyl (C=O) groups is 2. The molecular formula is C17H13N3O2. The quantitative estimate of drug-likeness (QED) is 0.777. The van der Waals surface area contributed by atoms with Gasteiger partial charge in [-0.1, -0.05) is 36.4 Å². The number of aromatic nitrogens is 1. The van der Waals surface area contributed by atoms with Crippen LogP contribution in [-0.2, 0) is 0 Å². The van der Waals surface area contributed by atoms with Gasteiger partial charge in [0.05, 0.1) is 16.8 Å². The van der Waals surface area contributed by atoms with Crippen molar-refractivity contribution in [1.29, 1.82) is 0 Å². The summed E-state index contributed by atoms with van der Waals surface area (Å²) in [6, 6.07) is 17.6. The fourth-order valence-electron chi connectivity index (χ4n) is 2.19. The summed E-state index contributed by atoms with van der Waals surface area (Å²) in [7, 11) is 0. The molecule has 3 rings (SSSR count). The average Bonchev–Trinajstić information content (AvgIpc) is 2.54. The zero-order valence-corrected chi connectivity index (χ0v) is 11.6. The molecule has 0 aliphatic rings. The van der Waals surface area contributed by atoms with E-state index in [2.05, 4.69) is 10.3 Å². The molecule has 1 heterocycles. The third kappa shape index (κ3) is 2.64. The number of hydrogen-bond acceptors (Lipinski definition) is 3. The number of anilines is 1. The van der Waals surface area contributed by atoms with E-state index >= 15 is 0 Å². The van der Waals surface area contributed by atoms with E-state index in [0.717, 1.165) is 10.9 Å². The molecule has 0 saturated carbocycles. The number of nitrogens with zero attached hydrogens (tertiary/aromatic N) is 1. The van der Waals surface area contributed by atoms with Crippen LogP contribution in [0.2, 0.25) is 0 Å². The Hall–Kier alpha value is -3.21. The molecule has 1 aromatic heterocycles. The van der Waals surface area contributed by atoms with E-state index in [9.17, 15) is 9.59 Å².